The number of carbonyl (C=O) groups excluding carboxylic acids is 2. The van der Waals surface area contributed by atoms with Gasteiger partial charge in [0.15, 0.2) is 0 Å². The largest absolute Gasteiger partial charge is 0.467 e. The molecule has 0 saturated carbocycles. The third-order valence-electron chi connectivity index (χ3n) is 2.74. The van der Waals surface area contributed by atoms with E-state index in [0.717, 1.165) is 11.3 Å². The number of thiophene rings is 1. The zero-order valence-corrected chi connectivity index (χ0v) is 15.6. The van der Waals surface area contributed by atoms with Gasteiger partial charge in [0, 0.05) is 0 Å². The fourth-order valence-corrected chi connectivity index (χ4v) is 3.98. The number of ether oxygens (including phenoxy) is 2. The number of hydrogen-bond acceptors (Lipinski definition) is 10. The first kappa shape index (κ1) is 19.5. The highest BCUT2D eigenvalue weighted by Gasteiger charge is 2.27. The number of amides is 2. The van der Waals surface area contributed by atoms with Crippen molar-refractivity contribution in [3.05, 3.63) is 22.1 Å². The average molecular weight is 401 g/mol. The van der Waals surface area contributed by atoms with Crippen LogP contribution in [-0.2, 0) is 14.8 Å². The van der Waals surface area contributed by atoms with Gasteiger partial charge in [-0.3, -0.25) is 5.32 Å². The molecule has 0 aliphatic rings. The molecule has 0 saturated heterocycles. The van der Waals surface area contributed by atoms with Gasteiger partial charge in [0.1, 0.15) is 15.6 Å². The van der Waals surface area contributed by atoms with Crippen LogP contribution >= 0.6 is 11.3 Å². The molecule has 2 amide bonds. The lowest BCUT2D eigenvalue weighted by Crippen LogP contribution is -2.35. The Bertz CT molecular complexity index is 927. The third kappa shape index (κ3) is 4.64. The van der Waals surface area contributed by atoms with E-state index in [1.165, 1.54) is 18.6 Å². The summed E-state index contributed by atoms with van der Waals surface area (Å²) in [6.45, 7) is 3.22. The standard InChI is InChI=1S/C13H15N5O6S2/c1-4-24-10(19)9-8(5-6-25-9)26(21,22)18-12(20)16-11-14-7(2)15-13(17-11)23-3/h5-6H,4H2,1-3H3,(H2,14,15,16,17,18,20). The molecule has 0 aliphatic heterocycles. The predicted octanol–water partition coefficient (Wildman–Crippen LogP) is 0.937. The molecule has 0 aromatic carbocycles. The van der Waals surface area contributed by atoms with E-state index in [1.807, 2.05) is 0 Å². The molecule has 0 bridgehead atoms. The van der Waals surface area contributed by atoms with E-state index >= 15 is 0 Å². The molecule has 2 heterocycles. The normalized spacial score (nSPS) is 10.9. The third-order valence-corrected chi connectivity index (χ3v) is 5.14. The van der Waals surface area contributed by atoms with Crippen LogP contribution in [0.4, 0.5) is 10.7 Å². The number of anilines is 1. The summed E-state index contributed by atoms with van der Waals surface area (Å²) in [5.41, 5.74) is 0. The van der Waals surface area contributed by atoms with Crippen LogP contribution in [0.1, 0.15) is 22.4 Å². The first-order valence-electron chi connectivity index (χ1n) is 7.12. The van der Waals surface area contributed by atoms with Gasteiger partial charge in [-0.15, -0.1) is 11.3 Å². The second-order valence-electron chi connectivity index (χ2n) is 4.59. The Morgan fingerprint density at radius 3 is 2.65 bits per heavy atom. The van der Waals surface area contributed by atoms with Gasteiger partial charge < -0.3 is 9.47 Å². The summed E-state index contributed by atoms with van der Waals surface area (Å²) in [5.74, 6) is -0.725. The van der Waals surface area contributed by atoms with Crippen molar-refractivity contribution in [3.8, 4) is 6.01 Å². The summed E-state index contributed by atoms with van der Waals surface area (Å²) < 4.78 is 36.1. The summed E-state index contributed by atoms with van der Waals surface area (Å²) >= 11 is 0.888. The van der Waals surface area contributed by atoms with Crippen LogP contribution in [-0.4, -0.2) is 49.1 Å². The maximum atomic E-state index is 12.4. The molecule has 13 heteroatoms. The Labute approximate surface area is 152 Å². The minimum Gasteiger partial charge on any atom is -0.467 e. The lowest BCUT2D eigenvalue weighted by molar-refractivity contribution is 0.0528. The van der Waals surface area contributed by atoms with Crippen molar-refractivity contribution in [2.75, 3.05) is 19.0 Å². The van der Waals surface area contributed by atoms with Crippen LogP contribution in [0.3, 0.4) is 0 Å². The van der Waals surface area contributed by atoms with Crippen molar-refractivity contribution in [1.82, 2.24) is 19.7 Å². The van der Waals surface area contributed by atoms with E-state index in [2.05, 4.69) is 20.3 Å². The van der Waals surface area contributed by atoms with Crippen molar-refractivity contribution in [2.45, 2.75) is 18.7 Å². The number of aromatic nitrogens is 3. The van der Waals surface area contributed by atoms with Gasteiger partial charge in [0.25, 0.3) is 10.0 Å². The van der Waals surface area contributed by atoms with Crippen molar-refractivity contribution >= 4 is 39.3 Å². The van der Waals surface area contributed by atoms with Gasteiger partial charge in [-0.2, -0.15) is 15.0 Å². The molecule has 140 valence electrons. The molecule has 2 N–H and O–H groups in total. The number of rotatable bonds is 6. The van der Waals surface area contributed by atoms with E-state index in [0.29, 0.717) is 0 Å². The predicted molar refractivity (Wildman–Crippen MR) is 90.7 cm³/mol. The Hall–Kier alpha value is -2.80. The number of aryl methyl sites for hydroxylation is 1. The summed E-state index contributed by atoms with van der Waals surface area (Å²) in [7, 11) is -2.98. The number of nitrogens with zero attached hydrogens (tertiary/aromatic N) is 3. The zero-order chi connectivity index (χ0) is 19.3. The number of urea groups is 1. The molecule has 2 aromatic heterocycles. The van der Waals surface area contributed by atoms with Crippen LogP contribution in [0, 0.1) is 6.92 Å². The number of hydrogen-bond donors (Lipinski definition) is 2. The van der Waals surface area contributed by atoms with Gasteiger partial charge in [0.2, 0.25) is 5.95 Å². The molecule has 2 rings (SSSR count). The molecule has 2 aromatic rings. The van der Waals surface area contributed by atoms with E-state index in [9.17, 15) is 18.0 Å². The number of nitrogens with one attached hydrogen (secondary N) is 2. The summed E-state index contributed by atoms with van der Waals surface area (Å²) in [6, 6.07) is 0.0413. The number of esters is 1. The number of carbonyl (C=O) groups is 2. The van der Waals surface area contributed by atoms with Crippen molar-refractivity contribution in [3.63, 3.8) is 0 Å². The highest BCUT2D eigenvalue weighted by Crippen LogP contribution is 2.23. The first-order chi connectivity index (χ1) is 12.3. The van der Waals surface area contributed by atoms with Crippen LogP contribution < -0.4 is 14.8 Å². The van der Waals surface area contributed by atoms with Gasteiger partial charge in [-0.05, 0) is 25.3 Å². The monoisotopic (exact) mass is 401 g/mol. The fraction of sp³-hybridized carbons (Fsp3) is 0.308. The Balaban J connectivity index is 2.17. The van der Waals surface area contributed by atoms with E-state index in [-0.39, 0.29) is 34.2 Å². The quantitative estimate of drug-likeness (QED) is 0.674. The van der Waals surface area contributed by atoms with E-state index in [4.69, 9.17) is 9.47 Å². The molecule has 11 nitrogen and oxygen atoms in total. The maximum absolute atomic E-state index is 12.4. The highest BCUT2D eigenvalue weighted by atomic mass is 32.2. The minimum absolute atomic E-state index is 0.0434. The van der Waals surface area contributed by atoms with Crippen molar-refractivity contribution in [1.29, 1.82) is 0 Å². The Morgan fingerprint density at radius 1 is 1.27 bits per heavy atom. The summed E-state index contributed by atoms with van der Waals surface area (Å²) in [4.78, 5) is 34.8. The van der Waals surface area contributed by atoms with E-state index in [1.54, 1.807) is 18.6 Å². The smallest absolute Gasteiger partial charge is 0.349 e. The molecule has 0 atom stereocenters. The molecule has 0 aliphatic carbocycles. The van der Waals surface area contributed by atoms with Crippen molar-refractivity contribution < 1.29 is 27.5 Å². The lowest BCUT2D eigenvalue weighted by atomic mass is 10.5. The molecule has 0 radical (unpaired) electrons. The van der Waals surface area contributed by atoms with Crippen LogP contribution in [0.2, 0.25) is 0 Å². The second kappa shape index (κ2) is 8.05. The van der Waals surface area contributed by atoms with Gasteiger partial charge in [-0.25, -0.2) is 22.7 Å². The molecule has 0 fully saturated rings. The van der Waals surface area contributed by atoms with Crippen LogP contribution in [0.5, 0.6) is 6.01 Å². The van der Waals surface area contributed by atoms with Crippen LogP contribution in [0.15, 0.2) is 16.3 Å². The van der Waals surface area contributed by atoms with Crippen LogP contribution in [0.25, 0.3) is 0 Å². The Morgan fingerprint density at radius 2 is 2.00 bits per heavy atom. The molecular formula is C13H15N5O6S2. The fourth-order valence-electron chi connectivity index (χ4n) is 1.76. The molecule has 0 unspecified atom stereocenters. The molecular weight excluding hydrogens is 386 g/mol. The number of sulfonamides is 1. The summed E-state index contributed by atoms with van der Waals surface area (Å²) in [6.07, 6.45) is 0. The molecule has 0 spiro atoms. The van der Waals surface area contributed by atoms with Gasteiger partial charge >= 0.3 is 18.0 Å². The highest BCUT2D eigenvalue weighted by molar-refractivity contribution is 7.90. The topological polar surface area (TPSA) is 149 Å². The van der Waals surface area contributed by atoms with E-state index < -0.39 is 22.0 Å². The average Bonchev–Trinajstić information content (AvgIpc) is 3.04. The van der Waals surface area contributed by atoms with Gasteiger partial charge in [-0.1, -0.05) is 0 Å². The Kier molecular flexibility index (Phi) is 6.05. The SMILES string of the molecule is CCOC(=O)c1sccc1S(=O)(=O)NC(=O)Nc1nc(C)nc(OC)n1. The molecule has 26 heavy (non-hydrogen) atoms. The zero-order valence-electron chi connectivity index (χ0n) is 14.0. The van der Waals surface area contributed by atoms with Gasteiger partial charge in [0.05, 0.1) is 13.7 Å². The minimum atomic E-state index is -4.31. The number of methoxy groups -OCH3 is 1. The second-order valence-corrected chi connectivity index (χ2v) is 7.15. The lowest BCUT2D eigenvalue weighted by Gasteiger charge is -2.09. The summed E-state index contributed by atoms with van der Waals surface area (Å²) in [5, 5.41) is 3.57. The first-order valence-corrected chi connectivity index (χ1v) is 9.48. The maximum Gasteiger partial charge on any atom is 0.349 e. The van der Waals surface area contributed by atoms with Crippen molar-refractivity contribution in [2.24, 2.45) is 0 Å².